The third kappa shape index (κ3) is 2.54. The fourth-order valence-electron chi connectivity index (χ4n) is 1.86. The molecule has 0 aliphatic rings. The number of aliphatic hydroxyl groups is 1. The molecule has 0 spiro atoms. The highest BCUT2D eigenvalue weighted by Gasteiger charge is 2.07. The molecule has 0 bridgehead atoms. The second kappa shape index (κ2) is 5.23. The molecule has 0 aliphatic heterocycles. The lowest BCUT2D eigenvalue weighted by atomic mass is 10.1. The first-order valence-corrected chi connectivity index (χ1v) is 6.06. The molecule has 0 radical (unpaired) electrons. The van der Waals surface area contributed by atoms with Gasteiger partial charge in [0.1, 0.15) is 11.5 Å². The maximum Gasteiger partial charge on any atom is 0.133 e. The summed E-state index contributed by atoms with van der Waals surface area (Å²) in [7, 11) is 0. The van der Waals surface area contributed by atoms with E-state index in [9.17, 15) is 0 Å². The van der Waals surface area contributed by atoms with Crippen LogP contribution >= 0.6 is 0 Å². The van der Waals surface area contributed by atoms with E-state index < -0.39 is 0 Å². The van der Waals surface area contributed by atoms with E-state index in [0.717, 1.165) is 22.6 Å². The van der Waals surface area contributed by atoms with Gasteiger partial charge in [-0.3, -0.25) is 0 Å². The number of hydrogen-bond acceptors (Lipinski definition) is 2. The lowest BCUT2D eigenvalue weighted by Gasteiger charge is -2.13. The van der Waals surface area contributed by atoms with Crippen LogP contribution in [0.15, 0.2) is 36.4 Å². The van der Waals surface area contributed by atoms with Crippen LogP contribution in [0, 0.1) is 20.8 Å². The highest BCUT2D eigenvalue weighted by molar-refractivity contribution is 5.47. The summed E-state index contributed by atoms with van der Waals surface area (Å²) in [5, 5.41) is 9.00. The van der Waals surface area contributed by atoms with E-state index >= 15 is 0 Å². The Bertz CT molecular complexity index is 542. The molecule has 0 fully saturated rings. The van der Waals surface area contributed by atoms with Gasteiger partial charge in [-0.15, -0.1) is 0 Å². The van der Waals surface area contributed by atoms with E-state index in [1.165, 1.54) is 11.1 Å². The molecule has 0 aromatic heterocycles. The molecule has 2 aromatic rings. The highest BCUT2D eigenvalue weighted by Crippen LogP contribution is 2.30. The molecule has 18 heavy (non-hydrogen) atoms. The average Bonchev–Trinajstić information content (AvgIpc) is 2.40. The predicted molar refractivity (Wildman–Crippen MR) is 73.1 cm³/mol. The van der Waals surface area contributed by atoms with Crippen molar-refractivity contribution in [1.82, 2.24) is 0 Å². The lowest BCUT2D eigenvalue weighted by molar-refractivity contribution is 0.281. The summed E-state index contributed by atoms with van der Waals surface area (Å²) < 4.78 is 5.94. The summed E-state index contributed by atoms with van der Waals surface area (Å²) in [6.45, 7) is 6.25. The molecule has 2 rings (SSSR count). The number of aryl methyl sites for hydroxylation is 2. The molecule has 2 nitrogen and oxygen atoms in total. The van der Waals surface area contributed by atoms with Gasteiger partial charge in [-0.25, -0.2) is 0 Å². The number of aliphatic hydroxyl groups excluding tert-OH is 1. The SMILES string of the molecule is Cc1ccc(C)c(Oc2ccc(CO)cc2)c1C. The van der Waals surface area contributed by atoms with Crippen molar-refractivity contribution in [3.8, 4) is 11.5 Å². The highest BCUT2D eigenvalue weighted by atomic mass is 16.5. The van der Waals surface area contributed by atoms with Crippen LogP contribution in [-0.4, -0.2) is 5.11 Å². The Morgan fingerprint density at radius 2 is 1.50 bits per heavy atom. The van der Waals surface area contributed by atoms with Crippen LogP contribution in [0.2, 0.25) is 0 Å². The fourth-order valence-corrected chi connectivity index (χ4v) is 1.86. The van der Waals surface area contributed by atoms with Crippen molar-refractivity contribution in [2.75, 3.05) is 0 Å². The summed E-state index contributed by atoms with van der Waals surface area (Å²) in [5.74, 6) is 1.72. The van der Waals surface area contributed by atoms with Gasteiger partial charge in [0.25, 0.3) is 0 Å². The monoisotopic (exact) mass is 242 g/mol. The van der Waals surface area contributed by atoms with Crippen LogP contribution in [0.3, 0.4) is 0 Å². The summed E-state index contributed by atoms with van der Waals surface area (Å²) in [5.41, 5.74) is 4.41. The molecule has 2 heteroatoms. The number of hydrogen-bond donors (Lipinski definition) is 1. The third-order valence-electron chi connectivity index (χ3n) is 3.20. The van der Waals surface area contributed by atoms with Gasteiger partial charge >= 0.3 is 0 Å². The van der Waals surface area contributed by atoms with Crippen molar-refractivity contribution in [3.05, 3.63) is 58.7 Å². The molecule has 0 saturated heterocycles. The summed E-state index contributed by atoms with van der Waals surface area (Å²) in [6.07, 6.45) is 0. The van der Waals surface area contributed by atoms with E-state index in [1.54, 1.807) is 0 Å². The van der Waals surface area contributed by atoms with Crippen molar-refractivity contribution in [2.45, 2.75) is 27.4 Å². The Hall–Kier alpha value is -1.80. The van der Waals surface area contributed by atoms with Gasteiger partial charge in [-0.2, -0.15) is 0 Å². The van der Waals surface area contributed by atoms with Crippen molar-refractivity contribution in [3.63, 3.8) is 0 Å². The van der Waals surface area contributed by atoms with Gasteiger partial charge in [0.2, 0.25) is 0 Å². The van der Waals surface area contributed by atoms with E-state index in [1.807, 2.05) is 31.2 Å². The van der Waals surface area contributed by atoms with Crippen LogP contribution in [-0.2, 0) is 6.61 Å². The molecule has 2 aromatic carbocycles. The van der Waals surface area contributed by atoms with Crippen molar-refractivity contribution in [1.29, 1.82) is 0 Å². The zero-order valence-electron chi connectivity index (χ0n) is 11.0. The van der Waals surface area contributed by atoms with Gasteiger partial charge in [0, 0.05) is 0 Å². The fraction of sp³-hybridized carbons (Fsp3) is 0.250. The number of rotatable bonds is 3. The predicted octanol–water partition coefficient (Wildman–Crippen LogP) is 3.90. The molecule has 0 unspecified atom stereocenters. The minimum Gasteiger partial charge on any atom is -0.457 e. The molecule has 0 amide bonds. The molecule has 0 heterocycles. The molecule has 0 atom stereocenters. The smallest absolute Gasteiger partial charge is 0.133 e. The van der Waals surface area contributed by atoms with Crippen LogP contribution in [0.4, 0.5) is 0 Å². The minimum atomic E-state index is 0.0583. The maximum atomic E-state index is 9.00. The molecular weight excluding hydrogens is 224 g/mol. The third-order valence-corrected chi connectivity index (χ3v) is 3.20. The molecular formula is C16H18O2. The van der Waals surface area contributed by atoms with E-state index in [-0.39, 0.29) is 6.61 Å². The first-order valence-electron chi connectivity index (χ1n) is 6.06. The first kappa shape index (κ1) is 12.7. The second-order valence-corrected chi connectivity index (χ2v) is 4.56. The van der Waals surface area contributed by atoms with Crippen molar-refractivity contribution < 1.29 is 9.84 Å². The molecule has 94 valence electrons. The quantitative estimate of drug-likeness (QED) is 0.884. The van der Waals surface area contributed by atoms with E-state index in [2.05, 4.69) is 26.0 Å². The summed E-state index contributed by atoms with van der Waals surface area (Å²) in [4.78, 5) is 0. The second-order valence-electron chi connectivity index (χ2n) is 4.56. The van der Waals surface area contributed by atoms with Gasteiger partial charge in [0.05, 0.1) is 6.61 Å². The maximum absolute atomic E-state index is 9.00. The zero-order valence-corrected chi connectivity index (χ0v) is 11.0. The average molecular weight is 242 g/mol. The Labute approximate surface area is 108 Å². The number of ether oxygens (including phenoxy) is 1. The normalized spacial score (nSPS) is 10.4. The Morgan fingerprint density at radius 1 is 0.889 bits per heavy atom. The van der Waals surface area contributed by atoms with Gasteiger partial charge in [-0.05, 0) is 55.2 Å². The van der Waals surface area contributed by atoms with Crippen LogP contribution in [0.25, 0.3) is 0 Å². The van der Waals surface area contributed by atoms with Crippen molar-refractivity contribution >= 4 is 0 Å². The minimum absolute atomic E-state index is 0.0583. The van der Waals surface area contributed by atoms with Crippen LogP contribution in [0.5, 0.6) is 11.5 Å². The summed E-state index contributed by atoms with van der Waals surface area (Å²) in [6, 6.07) is 11.7. The summed E-state index contributed by atoms with van der Waals surface area (Å²) >= 11 is 0. The van der Waals surface area contributed by atoms with Crippen LogP contribution in [0.1, 0.15) is 22.3 Å². The van der Waals surface area contributed by atoms with Crippen molar-refractivity contribution in [2.24, 2.45) is 0 Å². The van der Waals surface area contributed by atoms with Gasteiger partial charge in [0.15, 0.2) is 0 Å². The molecule has 0 saturated carbocycles. The number of benzene rings is 2. The zero-order chi connectivity index (χ0) is 13.1. The van der Waals surface area contributed by atoms with E-state index in [0.29, 0.717) is 0 Å². The lowest BCUT2D eigenvalue weighted by Crippen LogP contribution is -1.93. The van der Waals surface area contributed by atoms with Gasteiger partial charge < -0.3 is 9.84 Å². The van der Waals surface area contributed by atoms with E-state index in [4.69, 9.17) is 9.84 Å². The Kier molecular flexibility index (Phi) is 3.68. The standard InChI is InChI=1S/C16H18O2/c1-11-4-5-12(2)16(13(11)3)18-15-8-6-14(10-17)7-9-15/h4-9,17H,10H2,1-3H3. The Balaban J connectivity index is 2.30. The first-order chi connectivity index (χ1) is 8.61. The molecule has 1 N–H and O–H groups in total. The molecule has 0 aliphatic carbocycles. The Morgan fingerprint density at radius 3 is 2.11 bits per heavy atom. The van der Waals surface area contributed by atoms with Crippen LogP contribution < -0.4 is 4.74 Å². The topological polar surface area (TPSA) is 29.5 Å². The largest absolute Gasteiger partial charge is 0.457 e. The van der Waals surface area contributed by atoms with Gasteiger partial charge in [-0.1, -0.05) is 24.3 Å².